The van der Waals surface area contributed by atoms with Gasteiger partial charge in [-0.05, 0) is 31.5 Å². The molecule has 2 aliphatic rings. The van der Waals surface area contributed by atoms with Gasteiger partial charge in [0.2, 0.25) is 11.1 Å². The van der Waals surface area contributed by atoms with Gasteiger partial charge in [-0.3, -0.25) is 0 Å². The molecule has 2 aliphatic heterocycles. The Morgan fingerprint density at radius 1 is 0.750 bits per heavy atom. The number of benzene rings is 2. The molecule has 4 N–H and O–H groups in total. The third kappa shape index (κ3) is 3.87. The number of likely N-dealkylation sites (N-methyl/N-ethyl adjacent to an activating group) is 2. The minimum atomic E-state index is -0.0574. The van der Waals surface area contributed by atoms with Crippen LogP contribution >= 0.6 is 0 Å². The molecule has 0 fully saturated rings. The van der Waals surface area contributed by atoms with Gasteiger partial charge in [-0.2, -0.15) is 0 Å². The van der Waals surface area contributed by atoms with Crippen LogP contribution in [0.5, 0.6) is 11.5 Å². The van der Waals surface area contributed by atoms with Crippen LogP contribution in [0.25, 0.3) is 22.3 Å². The first-order valence-corrected chi connectivity index (χ1v) is 13.6. The van der Waals surface area contributed by atoms with Crippen LogP contribution in [0.4, 0.5) is 22.7 Å². The lowest BCUT2D eigenvalue weighted by atomic mass is 9.78. The van der Waals surface area contributed by atoms with Gasteiger partial charge in [-0.15, -0.1) is 0 Å². The number of nitrogens with zero attached hydrogens (tertiary/aromatic N) is 4. The maximum atomic E-state index is 11.6. The predicted octanol–water partition coefficient (Wildman–Crippen LogP) is 5.88. The van der Waals surface area contributed by atoms with Crippen molar-refractivity contribution in [2.45, 2.75) is 64.5 Å². The zero-order valence-electron chi connectivity index (χ0n) is 26.0. The van der Waals surface area contributed by atoms with Crippen molar-refractivity contribution in [3.8, 4) is 33.8 Å². The Kier molecular flexibility index (Phi) is 7.50. The van der Waals surface area contributed by atoms with Crippen LogP contribution in [0.1, 0.15) is 52.7 Å². The van der Waals surface area contributed by atoms with Crippen molar-refractivity contribution < 1.29 is 21.2 Å². The summed E-state index contributed by atoms with van der Waals surface area (Å²) < 4.78 is 0. The van der Waals surface area contributed by atoms with Crippen LogP contribution in [-0.4, -0.2) is 75.5 Å². The fourth-order valence-electron chi connectivity index (χ4n) is 6.67. The van der Waals surface area contributed by atoms with Gasteiger partial charge in [0.05, 0.1) is 11.4 Å². The highest BCUT2D eigenvalue weighted by atomic mass is 16.3. The lowest BCUT2D eigenvalue weighted by Gasteiger charge is -2.28. The fraction of sp³-hybridized carbons (Fsp3) is 0.500. The largest absolute Gasteiger partial charge is 0.870 e. The normalized spacial score (nSPS) is 20.1. The summed E-state index contributed by atoms with van der Waals surface area (Å²) in [6.07, 6.45) is 0. The SMILES string of the molecule is CC1N(C)c2cc(N(C)C)c(-c3c(O)[c+](-c4cc5c(cc4N(C)C)N(C)C(C)C5(C)C)[c+]3O)cc2C1(C)C.[OH-].[OH-]. The first-order chi connectivity index (χ1) is 17.5. The molecule has 0 saturated carbocycles. The van der Waals surface area contributed by atoms with E-state index in [4.69, 9.17) is 0 Å². The molecule has 2 atom stereocenters. The number of hydrogen-bond acceptors (Lipinski definition) is 8. The van der Waals surface area contributed by atoms with E-state index in [0.29, 0.717) is 23.2 Å². The molecule has 218 valence electrons. The molecule has 3 aromatic rings. The summed E-state index contributed by atoms with van der Waals surface area (Å²) in [4.78, 5) is 8.78. The molecule has 0 radical (unpaired) electrons. The Morgan fingerprint density at radius 2 is 1.18 bits per heavy atom. The van der Waals surface area contributed by atoms with Gasteiger partial charge in [0.25, 0.3) is 11.5 Å². The summed E-state index contributed by atoms with van der Waals surface area (Å²) in [7, 11) is 12.3. The summed E-state index contributed by atoms with van der Waals surface area (Å²) in [5, 5.41) is 23.3. The van der Waals surface area contributed by atoms with Crippen LogP contribution < -0.4 is 19.6 Å². The number of aromatic hydroxyl groups is 2. The van der Waals surface area contributed by atoms with E-state index in [0.717, 1.165) is 22.5 Å². The lowest BCUT2D eigenvalue weighted by Crippen LogP contribution is -2.36. The summed E-state index contributed by atoms with van der Waals surface area (Å²) in [5.41, 5.74) is 9.50. The molecule has 5 rings (SSSR count). The second-order valence-electron chi connectivity index (χ2n) is 13.0. The van der Waals surface area contributed by atoms with Gasteiger partial charge in [0.1, 0.15) is 11.3 Å². The number of fused-ring (bicyclic) bond motifs is 2. The average Bonchev–Trinajstić information content (AvgIpc) is 3.12. The Bertz CT molecular complexity index is 1310. The molecule has 0 aliphatic carbocycles. The topological polar surface area (TPSA) is 113 Å². The highest BCUT2D eigenvalue weighted by Crippen LogP contribution is 2.61. The Labute approximate surface area is 239 Å². The smallest absolute Gasteiger partial charge is 0.290 e. The maximum absolute atomic E-state index is 11.6. The fourth-order valence-corrected chi connectivity index (χ4v) is 6.67. The predicted molar refractivity (Wildman–Crippen MR) is 166 cm³/mol. The van der Waals surface area contributed by atoms with E-state index in [9.17, 15) is 10.2 Å². The highest BCUT2D eigenvalue weighted by molar-refractivity contribution is 6.05. The third-order valence-corrected chi connectivity index (χ3v) is 10.1. The standard InChI is InChI=1S/C32H43N4O2.2H2O/c1-17-31(3,4)21-13-19(23(33(7)8)15-25(21)35(17)11)27-29(37)28(30(27)38)20-14-22-26(16-24(20)34(9)10)36(12)18(2)32(22,5)6;;/h13-18,37H,1-12H3;2*1H2/q+1;;/p-1. The quantitative estimate of drug-likeness (QED) is 0.387. The third-order valence-electron chi connectivity index (χ3n) is 10.1. The van der Waals surface area contributed by atoms with Gasteiger partial charge in [-0.25, -0.2) is 0 Å². The second kappa shape index (κ2) is 9.63. The van der Waals surface area contributed by atoms with Gasteiger partial charge in [-0.1, -0.05) is 27.7 Å². The van der Waals surface area contributed by atoms with E-state index >= 15 is 0 Å². The molecule has 2 heterocycles. The molecule has 0 spiro atoms. The summed E-state index contributed by atoms with van der Waals surface area (Å²) in [5.74, 6) is 0.311. The summed E-state index contributed by atoms with van der Waals surface area (Å²) in [6, 6.07) is 9.43. The first kappa shape index (κ1) is 31.2. The molecule has 0 bridgehead atoms. The highest BCUT2D eigenvalue weighted by Gasteiger charge is 2.49. The number of rotatable bonds is 4. The molecule has 0 aromatic heterocycles. The Morgan fingerprint density at radius 3 is 1.60 bits per heavy atom. The average molecular weight is 551 g/mol. The van der Waals surface area contributed by atoms with Gasteiger partial charge < -0.3 is 40.8 Å². The number of anilines is 4. The van der Waals surface area contributed by atoms with Gasteiger partial charge in [0, 0.05) is 88.6 Å². The van der Waals surface area contributed by atoms with E-state index in [2.05, 4.69) is 99.5 Å². The molecule has 8 heteroatoms. The summed E-state index contributed by atoms with van der Waals surface area (Å²) in [6.45, 7) is 13.6. The van der Waals surface area contributed by atoms with Crippen molar-refractivity contribution >= 4 is 22.7 Å². The van der Waals surface area contributed by atoms with Crippen LogP contribution in [0.2, 0.25) is 0 Å². The lowest BCUT2D eigenvalue weighted by molar-refractivity contribution is 0.435. The van der Waals surface area contributed by atoms with E-state index in [-0.39, 0.29) is 33.3 Å². The van der Waals surface area contributed by atoms with E-state index < -0.39 is 0 Å². The molecule has 3 aromatic carbocycles. The maximum Gasteiger partial charge on any atom is 0.290 e. The number of hydrogen-bond donors (Lipinski definition) is 2. The van der Waals surface area contributed by atoms with Crippen LogP contribution in [-0.2, 0) is 10.8 Å². The first-order valence-electron chi connectivity index (χ1n) is 13.6. The van der Waals surface area contributed by atoms with Crippen molar-refractivity contribution in [3.05, 3.63) is 35.4 Å². The molecular weight excluding hydrogens is 504 g/mol. The van der Waals surface area contributed by atoms with E-state index in [1.807, 2.05) is 28.2 Å². The molecule has 40 heavy (non-hydrogen) atoms. The Hall–Kier alpha value is -3.36. The molecule has 2 unspecified atom stereocenters. The zero-order valence-corrected chi connectivity index (χ0v) is 26.0. The van der Waals surface area contributed by atoms with Crippen molar-refractivity contribution in [2.24, 2.45) is 0 Å². The Balaban J connectivity index is 0.00000220. The van der Waals surface area contributed by atoms with E-state index in [1.54, 1.807) is 0 Å². The second-order valence-corrected chi connectivity index (χ2v) is 13.0. The van der Waals surface area contributed by atoms with Crippen LogP contribution in [0.15, 0.2) is 24.3 Å². The van der Waals surface area contributed by atoms with Crippen molar-refractivity contribution in [2.75, 3.05) is 61.9 Å². The van der Waals surface area contributed by atoms with Crippen molar-refractivity contribution in [3.63, 3.8) is 0 Å². The molecule has 8 nitrogen and oxygen atoms in total. The molecule has 0 amide bonds. The van der Waals surface area contributed by atoms with Gasteiger partial charge >= 0.3 is 0 Å². The molecule has 0 saturated heterocycles. The van der Waals surface area contributed by atoms with E-state index in [1.165, 1.54) is 22.5 Å². The van der Waals surface area contributed by atoms with Crippen LogP contribution in [0, 0.1) is 0 Å². The van der Waals surface area contributed by atoms with Gasteiger partial charge in [0.15, 0.2) is 5.56 Å². The van der Waals surface area contributed by atoms with Crippen molar-refractivity contribution in [1.82, 2.24) is 0 Å². The minimum Gasteiger partial charge on any atom is -0.870 e. The van der Waals surface area contributed by atoms with Crippen molar-refractivity contribution in [1.29, 1.82) is 0 Å². The summed E-state index contributed by atoms with van der Waals surface area (Å²) >= 11 is 0. The monoisotopic (exact) mass is 550 g/mol. The zero-order chi connectivity index (χ0) is 28.2. The van der Waals surface area contributed by atoms with Crippen LogP contribution in [0.3, 0.4) is 0 Å². The molecular formula is C32H46N4O4. The minimum absolute atomic E-state index is 0.